The zero-order valence-corrected chi connectivity index (χ0v) is 14.0. The van der Waals surface area contributed by atoms with Crippen LogP contribution in [-0.4, -0.2) is 18.9 Å². The van der Waals surface area contributed by atoms with E-state index in [1.807, 2.05) is 49.4 Å². The molecule has 24 heavy (non-hydrogen) atoms. The highest BCUT2D eigenvalue weighted by Crippen LogP contribution is 2.37. The number of hydrogen-bond donors (Lipinski definition) is 1. The highest BCUT2D eigenvalue weighted by atomic mass is 16.5. The minimum absolute atomic E-state index is 0.110. The fourth-order valence-electron chi connectivity index (χ4n) is 2.98. The normalized spacial score (nSPS) is 16.0. The topological polar surface area (TPSA) is 58.6 Å². The van der Waals surface area contributed by atoms with Gasteiger partial charge in [0.15, 0.2) is 0 Å². The van der Waals surface area contributed by atoms with E-state index in [2.05, 4.69) is 5.32 Å². The molecule has 0 radical (unpaired) electrons. The number of aryl methyl sites for hydroxylation is 1. The van der Waals surface area contributed by atoms with Gasteiger partial charge in [0.25, 0.3) is 5.91 Å². The van der Waals surface area contributed by atoms with Crippen molar-refractivity contribution in [2.45, 2.75) is 26.4 Å². The maximum absolute atomic E-state index is 12.8. The summed E-state index contributed by atoms with van der Waals surface area (Å²) in [6.07, 6.45) is 0. The number of hydrogen-bond acceptors (Lipinski definition) is 3. The van der Waals surface area contributed by atoms with Gasteiger partial charge in [0.1, 0.15) is 11.8 Å². The number of carbonyl (C=O) groups excluding carboxylic acids is 2. The maximum Gasteiger partial charge on any atom is 0.254 e. The first-order valence-corrected chi connectivity index (χ1v) is 7.81. The molecular formula is C19H20N2O3. The van der Waals surface area contributed by atoms with Gasteiger partial charge in [-0.05, 0) is 30.7 Å². The number of amides is 2. The molecule has 1 N–H and O–H groups in total. The minimum Gasteiger partial charge on any atom is -0.497 e. The Morgan fingerprint density at radius 2 is 1.92 bits per heavy atom. The van der Waals surface area contributed by atoms with Crippen LogP contribution in [0.25, 0.3) is 0 Å². The third kappa shape index (κ3) is 2.97. The Labute approximate surface area is 141 Å². The molecular weight excluding hydrogens is 304 g/mol. The van der Waals surface area contributed by atoms with Gasteiger partial charge >= 0.3 is 0 Å². The second kappa shape index (κ2) is 6.35. The molecule has 1 atom stereocenters. The van der Waals surface area contributed by atoms with Crippen molar-refractivity contribution < 1.29 is 14.3 Å². The lowest BCUT2D eigenvalue weighted by atomic mass is 10.1. The van der Waals surface area contributed by atoms with Gasteiger partial charge in [0, 0.05) is 18.2 Å². The zero-order valence-electron chi connectivity index (χ0n) is 14.0. The molecule has 0 fully saturated rings. The minimum atomic E-state index is -0.615. The first-order valence-electron chi connectivity index (χ1n) is 7.81. The average molecular weight is 324 g/mol. The third-order valence-electron chi connectivity index (χ3n) is 4.15. The first kappa shape index (κ1) is 16.1. The van der Waals surface area contributed by atoms with Crippen LogP contribution in [0.1, 0.15) is 29.7 Å². The van der Waals surface area contributed by atoms with E-state index in [4.69, 9.17) is 4.74 Å². The van der Waals surface area contributed by atoms with Gasteiger partial charge in [-0.15, -0.1) is 0 Å². The number of methoxy groups -OCH3 is 1. The van der Waals surface area contributed by atoms with Crippen molar-refractivity contribution >= 4 is 17.5 Å². The molecule has 3 rings (SSSR count). The summed E-state index contributed by atoms with van der Waals surface area (Å²) in [6.45, 7) is 3.85. The molecule has 1 heterocycles. The molecule has 0 saturated heterocycles. The van der Waals surface area contributed by atoms with E-state index in [1.54, 1.807) is 12.0 Å². The number of carbonyl (C=O) groups is 2. The van der Waals surface area contributed by atoms with Crippen molar-refractivity contribution in [1.82, 2.24) is 5.32 Å². The predicted molar refractivity (Wildman–Crippen MR) is 91.9 cm³/mol. The maximum atomic E-state index is 12.8. The van der Waals surface area contributed by atoms with Gasteiger partial charge in [0.2, 0.25) is 5.91 Å². The number of rotatable bonds is 4. The van der Waals surface area contributed by atoms with Crippen molar-refractivity contribution in [3.63, 3.8) is 0 Å². The molecule has 0 spiro atoms. The molecule has 0 saturated carbocycles. The van der Waals surface area contributed by atoms with E-state index in [0.717, 1.165) is 28.1 Å². The van der Waals surface area contributed by atoms with Crippen molar-refractivity contribution in [3.8, 4) is 5.75 Å². The van der Waals surface area contributed by atoms with E-state index >= 15 is 0 Å². The molecule has 0 aliphatic carbocycles. The number of nitrogens with zero attached hydrogens (tertiary/aromatic N) is 1. The fourth-order valence-corrected chi connectivity index (χ4v) is 2.98. The van der Waals surface area contributed by atoms with Crippen LogP contribution in [-0.2, 0) is 16.1 Å². The molecule has 0 bridgehead atoms. The summed E-state index contributed by atoms with van der Waals surface area (Å²) in [4.78, 5) is 26.0. The van der Waals surface area contributed by atoms with Gasteiger partial charge < -0.3 is 15.0 Å². The molecule has 1 unspecified atom stereocenters. The Balaban J connectivity index is 1.93. The van der Waals surface area contributed by atoms with Gasteiger partial charge in [-0.1, -0.05) is 29.8 Å². The fraction of sp³-hybridized carbons (Fsp3) is 0.263. The number of anilines is 1. The van der Waals surface area contributed by atoms with E-state index in [0.29, 0.717) is 6.54 Å². The lowest BCUT2D eigenvalue weighted by Gasteiger charge is -2.18. The average Bonchev–Trinajstić information content (AvgIpc) is 2.80. The van der Waals surface area contributed by atoms with Crippen molar-refractivity contribution in [1.29, 1.82) is 0 Å². The summed E-state index contributed by atoms with van der Waals surface area (Å²) in [7, 11) is 1.62. The summed E-state index contributed by atoms with van der Waals surface area (Å²) in [5.74, 6) is 0.451. The van der Waals surface area contributed by atoms with Crippen LogP contribution in [0, 0.1) is 6.92 Å². The van der Waals surface area contributed by atoms with Gasteiger partial charge in [-0.2, -0.15) is 0 Å². The third-order valence-corrected chi connectivity index (χ3v) is 4.15. The first-order chi connectivity index (χ1) is 11.5. The zero-order chi connectivity index (χ0) is 17.3. The van der Waals surface area contributed by atoms with Crippen LogP contribution in [0.5, 0.6) is 5.75 Å². The van der Waals surface area contributed by atoms with E-state index < -0.39 is 6.04 Å². The molecule has 5 nitrogen and oxygen atoms in total. The Bertz CT molecular complexity index is 784. The largest absolute Gasteiger partial charge is 0.497 e. The summed E-state index contributed by atoms with van der Waals surface area (Å²) < 4.78 is 5.16. The number of fused-ring (bicyclic) bond motifs is 1. The smallest absolute Gasteiger partial charge is 0.254 e. The second-order valence-corrected chi connectivity index (χ2v) is 5.97. The molecule has 124 valence electrons. The summed E-state index contributed by atoms with van der Waals surface area (Å²) in [5.41, 5.74) is 3.76. The van der Waals surface area contributed by atoms with Crippen LogP contribution in [0.4, 0.5) is 5.69 Å². The Kier molecular flexibility index (Phi) is 4.25. The van der Waals surface area contributed by atoms with Crippen LogP contribution in [0.15, 0.2) is 42.5 Å². The predicted octanol–water partition coefficient (Wildman–Crippen LogP) is 2.73. The van der Waals surface area contributed by atoms with Crippen molar-refractivity contribution in [3.05, 3.63) is 59.2 Å². The summed E-state index contributed by atoms with van der Waals surface area (Å²) in [5, 5.41) is 2.76. The highest BCUT2D eigenvalue weighted by molar-refractivity contribution is 6.06. The molecule has 0 aromatic heterocycles. The molecule has 2 amide bonds. The lowest BCUT2D eigenvalue weighted by molar-refractivity contribution is -0.126. The van der Waals surface area contributed by atoms with Crippen molar-refractivity contribution in [2.75, 3.05) is 12.0 Å². The Hall–Kier alpha value is -2.82. The lowest BCUT2D eigenvalue weighted by Crippen LogP contribution is -2.36. The quantitative estimate of drug-likeness (QED) is 0.941. The Morgan fingerprint density at radius 3 is 2.54 bits per heavy atom. The van der Waals surface area contributed by atoms with Crippen LogP contribution < -0.4 is 15.0 Å². The molecule has 5 heteroatoms. The molecule has 1 aliphatic heterocycles. The summed E-state index contributed by atoms with van der Waals surface area (Å²) in [6, 6.07) is 12.9. The van der Waals surface area contributed by atoms with Crippen LogP contribution in [0.3, 0.4) is 0 Å². The van der Waals surface area contributed by atoms with Crippen LogP contribution >= 0.6 is 0 Å². The van der Waals surface area contributed by atoms with Gasteiger partial charge in [-0.3, -0.25) is 9.59 Å². The van der Waals surface area contributed by atoms with E-state index in [9.17, 15) is 9.59 Å². The van der Waals surface area contributed by atoms with Crippen molar-refractivity contribution in [2.24, 2.45) is 0 Å². The standard InChI is InChI=1S/C19H20N2O3/c1-12-4-9-17-16(10-12)18(20-13(2)22)19(23)21(17)11-14-5-7-15(24-3)8-6-14/h4-10,18H,11H2,1-3H3,(H,20,22). The highest BCUT2D eigenvalue weighted by Gasteiger charge is 2.37. The van der Waals surface area contributed by atoms with Gasteiger partial charge in [-0.25, -0.2) is 0 Å². The van der Waals surface area contributed by atoms with Gasteiger partial charge in [0.05, 0.1) is 13.7 Å². The van der Waals surface area contributed by atoms with Crippen LogP contribution in [0.2, 0.25) is 0 Å². The monoisotopic (exact) mass is 324 g/mol. The number of benzene rings is 2. The summed E-state index contributed by atoms with van der Waals surface area (Å²) >= 11 is 0. The molecule has 2 aromatic carbocycles. The van der Waals surface area contributed by atoms with E-state index in [-0.39, 0.29) is 11.8 Å². The molecule has 2 aromatic rings. The van der Waals surface area contributed by atoms with E-state index in [1.165, 1.54) is 6.92 Å². The number of ether oxygens (including phenoxy) is 1. The molecule has 1 aliphatic rings. The number of nitrogens with one attached hydrogen (secondary N) is 1. The SMILES string of the molecule is COc1ccc(CN2C(=O)C(NC(C)=O)c3cc(C)ccc32)cc1. The Morgan fingerprint density at radius 1 is 1.21 bits per heavy atom. The second-order valence-electron chi connectivity index (χ2n) is 5.97.